The highest BCUT2D eigenvalue weighted by atomic mass is 32.2. The van der Waals surface area contributed by atoms with E-state index in [-0.39, 0.29) is 0 Å². The Morgan fingerprint density at radius 1 is 1.17 bits per heavy atom. The van der Waals surface area contributed by atoms with Crippen LogP contribution in [-0.4, -0.2) is 29.8 Å². The number of nitrogens with zero attached hydrogens (tertiary/aromatic N) is 2. The fourth-order valence-corrected chi connectivity index (χ4v) is 3.21. The van der Waals surface area contributed by atoms with Gasteiger partial charge in [-0.2, -0.15) is 5.10 Å². The second kappa shape index (κ2) is 7.00. The monoisotopic (exact) mass is 343 g/mol. The van der Waals surface area contributed by atoms with Gasteiger partial charge in [0.25, 0.3) is 0 Å². The number of ether oxygens (including phenoxy) is 2. The van der Waals surface area contributed by atoms with Gasteiger partial charge in [0.1, 0.15) is 5.76 Å². The fraction of sp³-hybridized carbons (Fsp3) is 0.294. The topological polar surface area (TPSA) is 68.4 Å². The van der Waals surface area contributed by atoms with E-state index in [1.165, 1.54) is 0 Å². The minimum atomic E-state index is 0.511. The van der Waals surface area contributed by atoms with Gasteiger partial charge in [-0.05, 0) is 30.3 Å². The van der Waals surface area contributed by atoms with Crippen molar-refractivity contribution in [1.29, 1.82) is 0 Å². The highest BCUT2D eigenvalue weighted by Gasteiger charge is 2.16. The molecule has 6 nitrogen and oxygen atoms in total. The molecular weight excluding hydrogens is 326 g/mol. The van der Waals surface area contributed by atoms with E-state index in [0.29, 0.717) is 19.8 Å². The molecule has 24 heavy (non-hydrogen) atoms. The lowest BCUT2D eigenvalue weighted by atomic mass is 10.1. The van der Waals surface area contributed by atoms with Crippen molar-refractivity contribution in [1.82, 2.24) is 5.43 Å². The second-order valence-corrected chi connectivity index (χ2v) is 6.34. The summed E-state index contributed by atoms with van der Waals surface area (Å²) in [6.45, 7) is 1.89. The van der Waals surface area contributed by atoms with E-state index in [9.17, 15) is 0 Å². The smallest absolute Gasteiger partial charge is 0.177 e. The van der Waals surface area contributed by atoms with Crippen LogP contribution in [0.4, 0.5) is 0 Å². The molecule has 0 fully saturated rings. The van der Waals surface area contributed by atoms with Gasteiger partial charge in [-0.3, -0.25) is 10.4 Å². The van der Waals surface area contributed by atoms with Crippen LogP contribution in [0, 0.1) is 0 Å². The third-order valence-corrected chi connectivity index (χ3v) is 4.58. The first-order valence-electron chi connectivity index (χ1n) is 7.81. The van der Waals surface area contributed by atoms with Gasteiger partial charge in [0.2, 0.25) is 0 Å². The number of hydrogen-bond acceptors (Lipinski definition) is 6. The normalized spacial score (nSPS) is 18.7. The van der Waals surface area contributed by atoms with E-state index in [2.05, 4.69) is 15.5 Å². The van der Waals surface area contributed by atoms with Crippen molar-refractivity contribution in [2.24, 2.45) is 10.1 Å². The van der Waals surface area contributed by atoms with Crippen LogP contribution in [0.5, 0.6) is 11.5 Å². The van der Waals surface area contributed by atoms with Crippen LogP contribution in [0.25, 0.3) is 0 Å². The Morgan fingerprint density at radius 3 is 2.88 bits per heavy atom. The van der Waals surface area contributed by atoms with E-state index < -0.39 is 0 Å². The van der Waals surface area contributed by atoms with Gasteiger partial charge in [0.05, 0.1) is 31.7 Å². The molecule has 0 saturated heterocycles. The number of thioether (sulfide) groups is 1. The van der Waals surface area contributed by atoms with Crippen LogP contribution < -0.4 is 14.9 Å². The summed E-state index contributed by atoms with van der Waals surface area (Å²) in [4.78, 5) is 4.46. The molecular formula is C17H17N3O3S. The Balaban J connectivity index is 1.46. The van der Waals surface area contributed by atoms with E-state index in [1.54, 1.807) is 18.0 Å². The summed E-state index contributed by atoms with van der Waals surface area (Å²) >= 11 is 1.62. The standard InChI is InChI=1S/C17H17N3O3S/c1-3-13(21-6-1)10-18-17-20-19-14(11-24-17)12-4-5-15-16(9-12)23-8-2-7-22-15/h1,3-6,9H,2,7-8,10-11H2,(H,18,20). The van der Waals surface area contributed by atoms with Gasteiger partial charge in [0, 0.05) is 17.7 Å². The minimum Gasteiger partial charge on any atom is -0.490 e. The minimum absolute atomic E-state index is 0.511. The van der Waals surface area contributed by atoms with E-state index >= 15 is 0 Å². The zero-order valence-electron chi connectivity index (χ0n) is 13.0. The Kier molecular flexibility index (Phi) is 4.42. The van der Waals surface area contributed by atoms with Gasteiger partial charge in [-0.15, -0.1) is 0 Å². The maximum atomic E-state index is 5.74. The van der Waals surface area contributed by atoms with Crippen LogP contribution in [0.1, 0.15) is 17.7 Å². The van der Waals surface area contributed by atoms with E-state index in [4.69, 9.17) is 13.9 Å². The molecule has 0 saturated carbocycles. The van der Waals surface area contributed by atoms with Gasteiger partial charge >= 0.3 is 0 Å². The van der Waals surface area contributed by atoms with E-state index in [0.717, 1.165) is 45.9 Å². The number of benzene rings is 1. The third kappa shape index (κ3) is 3.41. The van der Waals surface area contributed by atoms with Gasteiger partial charge in [-0.1, -0.05) is 11.8 Å². The summed E-state index contributed by atoms with van der Waals surface area (Å²) in [6, 6.07) is 9.72. The van der Waals surface area contributed by atoms with Gasteiger partial charge in [0.15, 0.2) is 16.7 Å². The van der Waals surface area contributed by atoms with Crippen LogP contribution in [0.3, 0.4) is 0 Å². The van der Waals surface area contributed by atoms with Crippen molar-refractivity contribution in [3.63, 3.8) is 0 Å². The molecule has 0 atom stereocenters. The van der Waals surface area contributed by atoms with Gasteiger partial charge in [-0.25, -0.2) is 0 Å². The predicted octanol–water partition coefficient (Wildman–Crippen LogP) is 3.04. The zero-order valence-corrected chi connectivity index (χ0v) is 13.8. The molecule has 4 rings (SSSR count). The lowest BCUT2D eigenvalue weighted by Gasteiger charge is -2.16. The molecule has 1 aromatic heterocycles. The molecule has 0 aliphatic carbocycles. The number of hydrazone groups is 1. The average molecular weight is 343 g/mol. The number of nitrogens with one attached hydrogen (secondary N) is 1. The maximum absolute atomic E-state index is 5.74. The molecule has 0 bridgehead atoms. The van der Waals surface area contributed by atoms with Crippen molar-refractivity contribution in [2.75, 3.05) is 19.0 Å². The molecule has 0 amide bonds. The lowest BCUT2D eigenvalue weighted by molar-refractivity contribution is 0.297. The van der Waals surface area contributed by atoms with Crippen molar-refractivity contribution < 1.29 is 13.9 Å². The fourth-order valence-electron chi connectivity index (χ4n) is 2.44. The molecule has 124 valence electrons. The molecule has 1 N–H and O–H groups in total. The van der Waals surface area contributed by atoms with Crippen molar-refractivity contribution >= 4 is 22.6 Å². The Morgan fingerprint density at radius 2 is 2.08 bits per heavy atom. The van der Waals surface area contributed by atoms with Crippen molar-refractivity contribution in [3.05, 3.63) is 47.9 Å². The average Bonchev–Trinajstić information content (AvgIpc) is 3.04. The molecule has 0 unspecified atom stereocenters. The molecule has 0 spiro atoms. The number of hydrogen-bond donors (Lipinski definition) is 1. The lowest BCUT2D eigenvalue weighted by Crippen LogP contribution is -2.25. The first kappa shape index (κ1) is 15.1. The summed E-state index contributed by atoms with van der Waals surface area (Å²) in [5.74, 6) is 3.18. The summed E-state index contributed by atoms with van der Waals surface area (Å²) in [5, 5.41) is 5.24. The molecule has 7 heteroatoms. The molecule has 1 aromatic carbocycles. The quantitative estimate of drug-likeness (QED) is 0.928. The Labute approximate surface area is 143 Å². The molecule has 2 aliphatic heterocycles. The third-order valence-electron chi connectivity index (χ3n) is 3.67. The molecule has 2 aliphatic rings. The highest BCUT2D eigenvalue weighted by Crippen LogP contribution is 2.31. The summed E-state index contributed by atoms with van der Waals surface area (Å²) < 4.78 is 16.7. The molecule has 2 aromatic rings. The first-order chi connectivity index (χ1) is 11.9. The largest absolute Gasteiger partial charge is 0.490 e. The Hall–Kier alpha value is -2.41. The van der Waals surface area contributed by atoms with Crippen LogP contribution in [0.2, 0.25) is 0 Å². The van der Waals surface area contributed by atoms with Crippen molar-refractivity contribution in [3.8, 4) is 11.5 Å². The Bertz CT molecular complexity index is 771. The van der Waals surface area contributed by atoms with Crippen LogP contribution >= 0.6 is 11.8 Å². The van der Waals surface area contributed by atoms with Gasteiger partial charge < -0.3 is 13.9 Å². The summed E-state index contributed by atoms with van der Waals surface area (Å²) in [6.07, 6.45) is 2.55. The van der Waals surface area contributed by atoms with E-state index in [1.807, 2.05) is 30.3 Å². The van der Waals surface area contributed by atoms with Crippen LogP contribution in [-0.2, 0) is 6.54 Å². The van der Waals surface area contributed by atoms with Crippen molar-refractivity contribution in [2.45, 2.75) is 13.0 Å². The molecule has 0 radical (unpaired) electrons. The number of aliphatic imine (C=N–C) groups is 1. The number of fused-ring (bicyclic) bond motifs is 1. The zero-order chi connectivity index (χ0) is 16.2. The second-order valence-electron chi connectivity index (χ2n) is 5.37. The number of furan rings is 1. The van der Waals surface area contributed by atoms with Crippen LogP contribution in [0.15, 0.2) is 51.1 Å². The SMILES string of the molecule is c1coc(CN=C2NN=C(c3ccc4c(c3)OCCCO4)CS2)c1. The summed E-state index contributed by atoms with van der Waals surface area (Å²) in [7, 11) is 0. The first-order valence-corrected chi connectivity index (χ1v) is 8.79. The number of rotatable bonds is 3. The number of amidine groups is 1. The molecule has 3 heterocycles. The summed E-state index contributed by atoms with van der Waals surface area (Å²) in [5.41, 5.74) is 5.01. The maximum Gasteiger partial charge on any atom is 0.177 e. The highest BCUT2D eigenvalue weighted by molar-refractivity contribution is 8.14. The predicted molar refractivity (Wildman–Crippen MR) is 94.0 cm³/mol.